The van der Waals surface area contributed by atoms with E-state index in [-0.39, 0.29) is 31.9 Å². The van der Waals surface area contributed by atoms with Gasteiger partial charge in [0.1, 0.15) is 11.4 Å². The van der Waals surface area contributed by atoms with Crippen LogP contribution in [0.4, 0.5) is 0 Å². The molecule has 0 saturated heterocycles. The Labute approximate surface area is 278 Å². The van der Waals surface area contributed by atoms with E-state index in [4.69, 9.17) is 41.4 Å². The lowest BCUT2D eigenvalue weighted by Crippen LogP contribution is -2.53. The van der Waals surface area contributed by atoms with Crippen molar-refractivity contribution in [2.24, 2.45) is 10.1 Å². The third-order valence-corrected chi connectivity index (χ3v) is 7.46. The summed E-state index contributed by atoms with van der Waals surface area (Å²) in [5, 5.41) is 13.4. The van der Waals surface area contributed by atoms with Crippen molar-refractivity contribution in [3.63, 3.8) is 0 Å². The molecular formula is C34H39ClN6O6. The van der Waals surface area contributed by atoms with Gasteiger partial charge in [0.15, 0.2) is 11.6 Å². The van der Waals surface area contributed by atoms with Crippen LogP contribution in [0.2, 0.25) is 5.02 Å². The first-order chi connectivity index (χ1) is 22.5. The van der Waals surface area contributed by atoms with Gasteiger partial charge in [0.25, 0.3) is 5.91 Å². The molecule has 0 fully saturated rings. The molecule has 2 atom stereocenters. The number of benzene rings is 3. The lowest BCUT2D eigenvalue weighted by atomic mass is 9.82. The minimum Gasteiger partial charge on any atom is -0.494 e. The van der Waals surface area contributed by atoms with Gasteiger partial charge in [-0.1, -0.05) is 53.1 Å². The monoisotopic (exact) mass is 662 g/mol. The van der Waals surface area contributed by atoms with E-state index < -0.39 is 29.1 Å². The van der Waals surface area contributed by atoms with E-state index in [1.54, 1.807) is 81.4 Å². The molecule has 0 bridgehead atoms. The number of ether oxygens (including phenoxy) is 3. The number of esters is 1. The zero-order chi connectivity index (χ0) is 33.9. The second-order valence-electron chi connectivity index (χ2n) is 11.9. The lowest BCUT2D eigenvalue weighted by Gasteiger charge is -2.31. The number of aliphatic imine (C=N–C) groups is 1. The Bertz CT molecular complexity index is 1600. The molecule has 0 unspecified atom stereocenters. The molecule has 3 N–H and O–H groups in total. The maximum absolute atomic E-state index is 14.3. The maximum Gasteiger partial charge on any atom is 0.306 e. The summed E-state index contributed by atoms with van der Waals surface area (Å²) in [6, 6.07) is 21.4. The molecule has 3 aromatic rings. The standard InChI is InChI=1S/C34H39ClN6O6/c1-33(2,3)47-29(43)17-18-34(32(44)40-37-21-23-9-13-26(35)14-10-23)30(28-8-5-4-7-25(28)22-38-41-36)46-31(39-34)24-11-15-27(16-12-24)45-20-6-19-42/h4-5,7-16,30,37,42H,6,17-22H2,1-3H3,(H,40,44)/t30-,34-/m0/s1. The number of hydrogen-bond acceptors (Lipinski definition) is 9. The molecule has 0 radical (unpaired) electrons. The van der Waals surface area contributed by atoms with Gasteiger partial charge in [0.05, 0.1) is 13.2 Å². The first kappa shape index (κ1) is 35.2. The fourth-order valence-electron chi connectivity index (χ4n) is 5.01. The van der Waals surface area contributed by atoms with Gasteiger partial charge in [-0.05, 0) is 85.8 Å². The summed E-state index contributed by atoms with van der Waals surface area (Å²) in [7, 11) is 0. The molecule has 1 amide bonds. The van der Waals surface area contributed by atoms with Crippen LogP contribution in [0, 0.1) is 0 Å². The highest BCUT2D eigenvalue weighted by Crippen LogP contribution is 2.44. The highest BCUT2D eigenvalue weighted by molar-refractivity contribution is 6.30. The number of aliphatic hydroxyl groups excluding tert-OH is 1. The molecule has 0 aliphatic carbocycles. The summed E-state index contributed by atoms with van der Waals surface area (Å²) in [6.45, 7) is 6.00. The summed E-state index contributed by atoms with van der Waals surface area (Å²) >= 11 is 6.02. The second kappa shape index (κ2) is 16.3. The van der Waals surface area contributed by atoms with E-state index in [1.165, 1.54) is 0 Å². The molecule has 1 aliphatic heterocycles. The number of hydrazine groups is 1. The van der Waals surface area contributed by atoms with E-state index in [0.717, 1.165) is 5.56 Å². The number of aliphatic hydroxyl groups is 1. The van der Waals surface area contributed by atoms with Crippen molar-refractivity contribution in [3.05, 3.63) is 111 Å². The van der Waals surface area contributed by atoms with Crippen LogP contribution in [-0.4, -0.2) is 47.2 Å². The predicted molar refractivity (Wildman–Crippen MR) is 178 cm³/mol. The van der Waals surface area contributed by atoms with E-state index in [1.807, 2.05) is 12.1 Å². The zero-order valence-electron chi connectivity index (χ0n) is 26.6. The number of nitrogens with zero attached hydrogens (tertiary/aromatic N) is 4. The summed E-state index contributed by atoms with van der Waals surface area (Å²) in [4.78, 5) is 35.2. The van der Waals surface area contributed by atoms with Gasteiger partial charge in [-0.2, -0.15) is 0 Å². The van der Waals surface area contributed by atoms with Crippen molar-refractivity contribution in [2.75, 3.05) is 13.2 Å². The van der Waals surface area contributed by atoms with E-state index in [0.29, 0.717) is 47.0 Å². The van der Waals surface area contributed by atoms with Crippen LogP contribution in [0.1, 0.15) is 68.4 Å². The third kappa shape index (κ3) is 9.69. The van der Waals surface area contributed by atoms with Crippen LogP contribution in [0.3, 0.4) is 0 Å². The Morgan fingerprint density at radius 2 is 1.83 bits per heavy atom. The molecular weight excluding hydrogens is 624 g/mol. The molecule has 3 aromatic carbocycles. The molecule has 47 heavy (non-hydrogen) atoms. The molecule has 248 valence electrons. The third-order valence-electron chi connectivity index (χ3n) is 7.21. The second-order valence-corrected chi connectivity index (χ2v) is 12.3. The first-order valence-corrected chi connectivity index (χ1v) is 15.6. The highest BCUT2D eigenvalue weighted by Gasteiger charge is 2.54. The molecule has 0 saturated carbocycles. The minimum absolute atomic E-state index is 0.0142. The molecule has 0 spiro atoms. The van der Waals surface area contributed by atoms with Gasteiger partial charge in [0, 0.05) is 41.5 Å². The van der Waals surface area contributed by atoms with Crippen molar-refractivity contribution in [3.8, 4) is 5.75 Å². The van der Waals surface area contributed by atoms with Crippen molar-refractivity contribution in [1.82, 2.24) is 10.9 Å². The maximum atomic E-state index is 14.3. The quantitative estimate of drug-likeness (QED) is 0.0440. The first-order valence-electron chi connectivity index (χ1n) is 15.2. The van der Waals surface area contributed by atoms with Crippen LogP contribution in [0.15, 0.2) is 82.9 Å². The SMILES string of the molecule is CC(C)(C)OC(=O)CC[C@]1(C(=O)NNCc2ccc(Cl)cc2)N=C(c2ccc(OCCCO)cc2)O[C@H]1c1ccccc1CN=[N+]=[N-]. The molecule has 4 rings (SSSR count). The Hall–Kier alpha value is -4.61. The largest absolute Gasteiger partial charge is 0.494 e. The average Bonchev–Trinajstić information content (AvgIpc) is 3.44. The van der Waals surface area contributed by atoms with Crippen LogP contribution in [0.25, 0.3) is 10.4 Å². The lowest BCUT2D eigenvalue weighted by molar-refractivity contribution is -0.155. The van der Waals surface area contributed by atoms with E-state index >= 15 is 0 Å². The molecule has 12 nitrogen and oxygen atoms in total. The zero-order valence-corrected chi connectivity index (χ0v) is 27.4. The normalized spacial score (nSPS) is 17.2. The number of hydrogen-bond donors (Lipinski definition) is 3. The summed E-state index contributed by atoms with van der Waals surface area (Å²) in [5.74, 6) is -0.240. The molecule has 13 heteroatoms. The van der Waals surface area contributed by atoms with Gasteiger partial charge < -0.3 is 19.3 Å². The number of rotatable bonds is 15. The Kier molecular flexibility index (Phi) is 12.2. The van der Waals surface area contributed by atoms with Gasteiger partial charge >= 0.3 is 5.97 Å². The van der Waals surface area contributed by atoms with Crippen molar-refractivity contribution >= 4 is 29.4 Å². The van der Waals surface area contributed by atoms with Crippen LogP contribution in [-0.2, 0) is 32.2 Å². The molecule has 0 aromatic heterocycles. The highest BCUT2D eigenvalue weighted by atomic mass is 35.5. The average molecular weight is 663 g/mol. The summed E-state index contributed by atoms with van der Waals surface area (Å²) in [6.07, 6.45) is -0.685. The number of azide groups is 1. The van der Waals surface area contributed by atoms with Crippen LogP contribution >= 0.6 is 11.6 Å². The van der Waals surface area contributed by atoms with Crippen molar-refractivity contribution in [1.29, 1.82) is 0 Å². The van der Waals surface area contributed by atoms with Gasteiger partial charge in [-0.3, -0.25) is 15.0 Å². The van der Waals surface area contributed by atoms with Crippen LogP contribution in [0.5, 0.6) is 5.75 Å². The number of carbonyl (C=O) groups is 2. The minimum atomic E-state index is -1.64. The Balaban J connectivity index is 1.74. The fourth-order valence-corrected chi connectivity index (χ4v) is 5.14. The van der Waals surface area contributed by atoms with Crippen LogP contribution < -0.4 is 15.6 Å². The van der Waals surface area contributed by atoms with E-state index in [2.05, 4.69) is 20.9 Å². The Morgan fingerprint density at radius 3 is 2.51 bits per heavy atom. The predicted octanol–water partition coefficient (Wildman–Crippen LogP) is 6.11. The Morgan fingerprint density at radius 1 is 1.11 bits per heavy atom. The van der Waals surface area contributed by atoms with Gasteiger partial charge in [-0.25, -0.2) is 10.4 Å². The fraction of sp³-hybridized carbons (Fsp3) is 0.382. The van der Waals surface area contributed by atoms with Gasteiger partial charge in [-0.15, -0.1) is 0 Å². The number of nitrogens with one attached hydrogen (secondary N) is 2. The number of carbonyl (C=O) groups excluding carboxylic acids is 2. The molecule has 1 heterocycles. The van der Waals surface area contributed by atoms with Gasteiger partial charge in [0.2, 0.25) is 5.90 Å². The topological polar surface area (TPSA) is 167 Å². The number of amides is 1. The molecule has 1 aliphatic rings. The van der Waals surface area contributed by atoms with E-state index in [9.17, 15) is 9.59 Å². The van der Waals surface area contributed by atoms with Crippen molar-refractivity contribution in [2.45, 2.75) is 70.4 Å². The summed E-state index contributed by atoms with van der Waals surface area (Å²) < 4.78 is 17.8. The number of halogens is 1. The smallest absolute Gasteiger partial charge is 0.306 e. The van der Waals surface area contributed by atoms with Crippen molar-refractivity contribution < 1.29 is 28.9 Å². The summed E-state index contributed by atoms with van der Waals surface area (Å²) in [5.41, 5.74) is 15.1.